The maximum absolute atomic E-state index is 12.2. The number of furan rings is 1. The summed E-state index contributed by atoms with van der Waals surface area (Å²) in [5.41, 5.74) is 11.4. The Hall–Kier alpha value is -4.13. The van der Waals surface area contributed by atoms with Gasteiger partial charge in [0, 0.05) is 23.0 Å². The van der Waals surface area contributed by atoms with Gasteiger partial charge in [0.05, 0.1) is 18.2 Å². The van der Waals surface area contributed by atoms with Crippen LogP contribution in [0.15, 0.2) is 88.7 Å². The van der Waals surface area contributed by atoms with Crippen molar-refractivity contribution in [2.45, 2.75) is 0 Å². The predicted molar refractivity (Wildman–Crippen MR) is 107 cm³/mol. The molecule has 2 heterocycles. The van der Waals surface area contributed by atoms with Gasteiger partial charge in [0.25, 0.3) is 5.91 Å². The largest absolute Gasteiger partial charge is 0.463 e. The van der Waals surface area contributed by atoms with Gasteiger partial charge in [-0.2, -0.15) is 10.2 Å². The molecule has 0 bridgehead atoms. The summed E-state index contributed by atoms with van der Waals surface area (Å²) in [4.78, 5) is 12.2. The average molecular weight is 371 g/mol. The van der Waals surface area contributed by atoms with Crippen LogP contribution in [0.25, 0.3) is 17.1 Å². The number of nitrogen functional groups attached to an aromatic ring is 1. The van der Waals surface area contributed by atoms with E-state index >= 15 is 0 Å². The van der Waals surface area contributed by atoms with Gasteiger partial charge in [-0.25, -0.2) is 10.1 Å². The van der Waals surface area contributed by atoms with Gasteiger partial charge in [-0.3, -0.25) is 4.79 Å². The summed E-state index contributed by atoms with van der Waals surface area (Å²) in [5.74, 6) is 0.284. The Balaban J connectivity index is 1.59. The van der Waals surface area contributed by atoms with Crippen LogP contribution >= 0.6 is 0 Å². The standard InChI is InChI=1S/C21H17N5O2/c22-17-10-8-15(9-11-17)21(27)24-23-13-16-14-26(18-5-2-1-3-6-18)25-20(16)19-7-4-12-28-19/h1-14H,22H2,(H,24,27)/b23-13-. The second-order valence-electron chi connectivity index (χ2n) is 6.01. The van der Waals surface area contributed by atoms with E-state index in [4.69, 9.17) is 10.2 Å². The lowest BCUT2D eigenvalue weighted by atomic mass is 10.2. The van der Waals surface area contributed by atoms with E-state index in [2.05, 4.69) is 15.6 Å². The van der Waals surface area contributed by atoms with Crippen LogP contribution in [-0.4, -0.2) is 21.9 Å². The quantitative estimate of drug-likeness (QED) is 0.319. The number of amides is 1. The number of carbonyl (C=O) groups is 1. The van der Waals surface area contributed by atoms with E-state index < -0.39 is 0 Å². The van der Waals surface area contributed by atoms with Gasteiger partial charge < -0.3 is 10.2 Å². The first-order valence-corrected chi connectivity index (χ1v) is 8.58. The van der Waals surface area contributed by atoms with Crippen LogP contribution < -0.4 is 11.2 Å². The molecule has 0 spiro atoms. The van der Waals surface area contributed by atoms with E-state index in [0.717, 1.165) is 5.69 Å². The second-order valence-corrected chi connectivity index (χ2v) is 6.01. The van der Waals surface area contributed by atoms with Crippen molar-refractivity contribution in [1.29, 1.82) is 0 Å². The molecule has 2 aromatic heterocycles. The maximum atomic E-state index is 12.2. The molecule has 0 fully saturated rings. The molecule has 2 aromatic carbocycles. The SMILES string of the molecule is Nc1ccc(C(=O)N/N=C\c2cn(-c3ccccc3)nc2-c2ccco2)cc1. The maximum Gasteiger partial charge on any atom is 0.271 e. The number of nitrogens with two attached hydrogens (primary N) is 1. The molecule has 0 radical (unpaired) electrons. The second kappa shape index (κ2) is 7.63. The number of para-hydroxylation sites is 1. The lowest BCUT2D eigenvalue weighted by Gasteiger charge is -2.00. The van der Waals surface area contributed by atoms with E-state index in [1.807, 2.05) is 42.6 Å². The normalized spacial score (nSPS) is 11.0. The van der Waals surface area contributed by atoms with Crippen molar-refractivity contribution in [1.82, 2.24) is 15.2 Å². The van der Waals surface area contributed by atoms with Crippen molar-refractivity contribution in [2.24, 2.45) is 5.10 Å². The van der Waals surface area contributed by atoms with Crippen LogP contribution in [0.3, 0.4) is 0 Å². The molecule has 0 unspecified atom stereocenters. The van der Waals surface area contributed by atoms with Gasteiger partial charge in [-0.15, -0.1) is 0 Å². The highest BCUT2D eigenvalue weighted by atomic mass is 16.3. The molecule has 0 aliphatic carbocycles. The average Bonchev–Trinajstić information content (AvgIpc) is 3.39. The molecule has 28 heavy (non-hydrogen) atoms. The number of anilines is 1. The van der Waals surface area contributed by atoms with E-state index in [0.29, 0.717) is 28.3 Å². The van der Waals surface area contributed by atoms with Gasteiger partial charge in [-0.1, -0.05) is 18.2 Å². The zero-order valence-electron chi connectivity index (χ0n) is 14.8. The minimum atomic E-state index is -0.328. The number of aromatic nitrogens is 2. The first-order chi connectivity index (χ1) is 13.7. The Morgan fingerprint density at radius 2 is 1.86 bits per heavy atom. The fraction of sp³-hybridized carbons (Fsp3) is 0. The summed E-state index contributed by atoms with van der Waals surface area (Å²) in [6, 6.07) is 19.9. The Kier molecular flexibility index (Phi) is 4.71. The van der Waals surface area contributed by atoms with Crippen LogP contribution in [0.2, 0.25) is 0 Å². The van der Waals surface area contributed by atoms with Crippen molar-refractivity contribution in [3.8, 4) is 17.1 Å². The van der Waals surface area contributed by atoms with Crippen molar-refractivity contribution >= 4 is 17.8 Å². The molecule has 7 nitrogen and oxygen atoms in total. The first-order valence-electron chi connectivity index (χ1n) is 8.58. The predicted octanol–water partition coefficient (Wildman–Crippen LogP) is 3.48. The third-order valence-corrected chi connectivity index (χ3v) is 4.06. The van der Waals surface area contributed by atoms with Crippen LogP contribution in [-0.2, 0) is 0 Å². The molecule has 7 heteroatoms. The summed E-state index contributed by atoms with van der Waals surface area (Å²) in [5, 5.41) is 8.66. The molecule has 138 valence electrons. The molecule has 0 saturated heterocycles. The Morgan fingerprint density at radius 3 is 2.57 bits per heavy atom. The van der Waals surface area contributed by atoms with E-state index in [-0.39, 0.29) is 5.91 Å². The van der Waals surface area contributed by atoms with Gasteiger partial charge in [0.15, 0.2) is 5.76 Å². The first kappa shape index (κ1) is 17.3. The number of hydrogen-bond acceptors (Lipinski definition) is 5. The Morgan fingerprint density at radius 1 is 1.07 bits per heavy atom. The van der Waals surface area contributed by atoms with E-state index in [9.17, 15) is 4.79 Å². The summed E-state index contributed by atoms with van der Waals surface area (Å²) < 4.78 is 7.22. The molecule has 0 saturated carbocycles. The van der Waals surface area contributed by atoms with Crippen molar-refractivity contribution in [2.75, 3.05) is 5.73 Å². The number of benzene rings is 2. The lowest BCUT2D eigenvalue weighted by Crippen LogP contribution is -2.17. The Labute approximate surface area is 161 Å². The summed E-state index contributed by atoms with van der Waals surface area (Å²) >= 11 is 0. The smallest absolute Gasteiger partial charge is 0.271 e. The van der Waals surface area contributed by atoms with Crippen molar-refractivity contribution in [3.63, 3.8) is 0 Å². The van der Waals surface area contributed by atoms with E-state index in [1.54, 1.807) is 47.5 Å². The molecule has 1 amide bonds. The molecule has 3 N–H and O–H groups in total. The summed E-state index contributed by atoms with van der Waals surface area (Å²) in [7, 11) is 0. The molecular weight excluding hydrogens is 354 g/mol. The van der Waals surface area contributed by atoms with Gasteiger partial charge in [0.1, 0.15) is 5.69 Å². The fourth-order valence-corrected chi connectivity index (χ4v) is 2.66. The number of nitrogens with zero attached hydrogens (tertiary/aromatic N) is 3. The van der Waals surface area contributed by atoms with Crippen LogP contribution in [0, 0.1) is 0 Å². The summed E-state index contributed by atoms with van der Waals surface area (Å²) in [6.07, 6.45) is 4.95. The Bertz CT molecular complexity index is 1100. The number of nitrogens with one attached hydrogen (secondary N) is 1. The molecule has 4 aromatic rings. The van der Waals surface area contributed by atoms with Gasteiger partial charge in [-0.05, 0) is 48.5 Å². The van der Waals surface area contributed by atoms with Gasteiger partial charge >= 0.3 is 0 Å². The number of hydrazone groups is 1. The monoisotopic (exact) mass is 371 g/mol. The highest BCUT2D eigenvalue weighted by Gasteiger charge is 2.13. The topological polar surface area (TPSA) is 98.4 Å². The fourth-order valence-electron chi connectivity index (χ4n) is 2.66. The summed E-state index contributed by atoms with van der Waals surface area (Å²) in [6.45, 7) is 0. The molecular formula is C21H17N5O2. The number of carbonyl (C=O) groups excluding carboxylic acids is 1. The number of rotatable bonds is 5. The van der Waals surface area contributed by atoms with Crippen LogP contribution in [0.5, 0.6) is 0 Å². The molecule has 4 rings (SSSR count). The highest BCUT2D eigenvalue weighted by molar-refractivity contribution is 5.95. The zero-order valence-corrected chi connectivity index (χ0v) is 14.8. The van der Waals surface area contributed by atoms with Crippen LogP contribution in [0.4, 0.5) is 5.69 Å². The zero-order chi connectivity index (χ0) is 19.3. The lowest BCUT2D eigenvalue weighted by molar-refractivity contribution is 0.0955. The minimum Gasteiger partial charge on any atom is -0.463 e. The number of hydrogen-bond donors (Lipinski definition) is 2. The highest BCUT2D eigenvalue weighted by Crippen LogP contribution is 2.23. The molecule has 0 atom stereocenters. The third kappa shape index (κ3) is 3.68. The van der Waals surface area contributed by atoms with Crippen molar-refractivity contribution in [3.05, 3.63) is 90.3 Å². The molecule has 0 aliphatic rings. The van der Waals surface area contributed by atoms with Crippen molar-refractivity contribution < 1.29 is 9.21 Å². The van der Waals surface area contributed by atoms with E-state index in [1.165, 1.54) is 0 Å². The minimum absolute atomic E-state index is 0.328. The van der Waals surface area contributed by atoms with Gasteiger partial charge in [0.2, 0.25) is 0 Å². The molecule has 0 aliphatic heterocycles. The van der Waals surface area contributed by atoms with Crippen LogP contribution in [0.1, 0.15) is 15.9 Å². The third-order valence-electron chi connectivity index (χ3n) is 4.06.